The fourth-order valence-corrected chi connectivity index (χ4v) is 2.36. The van der Waals surface area contributed by atoms with Crippen LogP contribution in [0.5, 0.6) is 0 Å². The predicted octanol–water partition coefficient (Wildman–Crippen LogP) is 3.43. The zero-order valence-electron chi connectivity index (χ0n) is 10.6. The van der Waals surface area contributed by atoms with Gasteiger partial charge < -0.3 is 5.32 Å². The van der Waals surface area contributed by atoms with E-state index in [0.717, 1.165) is 17.9 Å². The van der Waals surface area contributed by atoms with Gasteiger partial charge >= 0.3 is 0 Å². The van der Waals surface area contributed by atoms with E-state index in [-0.39, 0.29) is 5.91 Å². The zero-order valence-corrected chi connectivity index (χ0v) is 10.6. The van der Waals surface area contributed by atoms with Crippen molar-refractivity contribution in [1.82, 2.24) is 5.32 Å². The minimum Gasteiger partial charge on any atom is -0.352 e. The highest BCUT2D eigenvalue weighted by molar-refractivity contribution is 5.76. The molecule has 1 rings (SSSR count). The molecule has 0 heterocycles. The molecule has 1 amide bonds. The Hall–Kier alpha value is -0.790. The molecule has 92 valence electrons. The molecule has 1 aliphatic rings. The molecule has 0 unspecified atom stereocenters. The quantitative estimate of drug-likeness (QED) is 0.687. The van der Waals surface area contributed by atoms with Crippen LogP contribution in [0.25, 0.3) is 0 Å². The summed E-state index contributed by atoms with van der Waals surface area (Å²) in [5.74, 6) is 1.07. The monoisotopic (exact) mass is 223 g/mol. The minimum absolute atomic E-state index is 0.179. The van der Waals surface area contributed by atoms with Crippen LogP contribution in [0.4, 0.5) is 0 Å². The number of amides is 1. The summed E-state index contributed by atoms with van der Waals surface area (Å²) < 4.78 is 0. The van der Waals surface area contributed by atoms with Gasteiger partial charge in [0.25, 0.3) is 0 Å². The number of rotatable bonds is 6. The smallest absolute Gasteiger partial charge is 0.220 e. The van der Waals surface area contributed by atoms with E-state index in [0.29, 0.717) is 13.0 Å². The summed E-state index contributed by atoms with van der Waals surface area (Å²) in [6.45, 7) is 6.33. The molecule has 1 N–H and O–H groups in total. The molecule has 2 heteroatoms. The average Bonchev–Trinajstić information content (AvgIpc) is 2.28. The molecule has 1 fully saturated rings. The molecular formula is C14H25NO. The largest absolute Gasteiger partial charge is 0.352 e. The van der Waals surface area contributed by atoms with Crippen LogP contribution < -0.4 is 5.32 Å². The Bertz CT molecular complexity index is 229. The maximum absolute atomic E-state index is 11.4. The van der Waals surface area contributed by atoms with Crippen molar-refractivity contribution in [1.29, 1.82) is 0 Å². The van der Waals surface area contributed by atoms with Crippen LogP contribution in [-0.2, 0) is 4.79 Å². The second-order valence-electron chi connectivity index (χ2n) is 5.13. The molecule has 0 aromatic carbocycles. The Morgan fingerprint density at radius 1 is 1.31 bits per heavy atom. The van der Waals surface area contributed by atoms with Crippen LogP contribution in [-0.4, -0.2) is 12.5 Å². The van der Waals surface area contributed by atoms with Crippen LogP contribution in [0.3, 0.4) is 0 Å². The van der Waals surface area contributed by atoms with E-state index >= 15 is 0 Å². The van der Waals surface area contributed by atoms with E-state index < -0.39 is 0 Å². The van der Waals surface area contributed by atoms with E-state index in [4.69, 9.17) is 0 Å². The molecule has 0 aromatic rings. The molecule has 0 radical (unpaired) electrons. The van der Waals surface area contributed by atoms with Gasteiger partial charge in [-0.25, -0.2) is 0 Å². The van der Waals surface area contributed by atoms with Gasteiger partial charge in [-0.1, -0.05) is 44.3 Å². The third-order valence-electron chi connectivity index (χ3n) is 3.33. The molecule has 0 saturated heterocycles. The first kappa shape index (κ1) is 13.3. The Labute approximate surface area is 99.5 Å². The topological polar surface area (TPSA) is 29.1 Å². The van der Waals surface area contributed by atoms with Crippen molar-refractivity contribution in [3.63, 3.8) is 0 Å². The van der Waals surface area contributed by atoms with Crippen molar-refractivity contribution in [2.75, 3.05) is 6.54 Å². The van der Waals surface area contributed by atoms with Crippen molar-refractivity contribution in [3.8, 4) is 0 Å². The number of hydrogen-bond acceptors (Lipinski definition) is 1. The van der Waals surface area contributed by atoms with Gasteiger partial charge in [-0.2, -0.15) is 0 Å². The van der Waals surface area contributed by atoms with E-state index in [2.05, 4.69) is 11.9 Å². The van der Waals surface area contributed by atoms with Gasteiger partial charge in [-0.3, -0.25) is 4.79 Å². The van der Waals surface area contributed by atoms with Gasteiger partial charge in [-0.15, -0.1) is 0 Å². The summed E-state index contributed by atoms with van der Waals surface area (Å²) in [4.78, 5) is 11.4. The third-order valence-corrected chi connectivity index (χ3v) is 3.33. The summed E-state index contributed by atoms with van der Waals surface area (Å²) in [6.07, 6.45) is 9.94. The fraction of sp³-hybridized carbons (Fsp3) is 0.786. The first-order valence-corrected chi connectivity index (χ1v) is 6.59. The van der Waals surface area contributed by atoms with Crippen LogP contribution in [0.15, 0.2) is 12.2 Å². The Kier molecular flexibility index (Phi) is 6.20. The van der Waals surface area contributed by atoms with Gasteiger partial charge in [0.05, 0.1) is 0 Å². The number of hydrogen-bond donors (Lipinski definition) is 1. The normalized spacial score (nSPS) is 17.1. The maximum atomic E-state index is 11.4. The lowest BCUT2D eigenvalue weighted by atomic mass is 9.86. The summed E-state index contributed by atoms with van der Waals surface area (Å²) >= 11 is 0. The second-order valence-corrected chi connectivity index (χ2v) is 5.13. The Morgan fingerprint density at radius 2 is 2.00 bits per heavy atom. The van der Waals surface area contributed by atoms with E-state index in [1.165, 1.54) is 38.5 Å². The first-order valence-electron chi connectivity index (χ1n) is 6.59. The van der Waals surface area contributed by atoms with Crippen LogP contribution in [0.2, 0.25) is 0 Å². The summed E-state index contributed by atoms with van der Waals surface area (Å²) in [5, 5.41) is 2.88. The van der Waals surface area contributed by atoms with E-state index in [1.807, 2.05) is 6.92 Å². The lowest BCUT2D eigenvalue weighted by Gasteiger charge is -2.21. The van der Waals surface area contributed by atoms with E-state index in [1.54, 1.807) is 0 Å². The summed E-state index contributed by atoms with van der Waals surface area (Å²) in [6, 6.07) is 0. The SMILES string of the molecule is C=C(C)CNC(=O)CCCC1CCCCC1. The van der Waals surface area contributed by atoms with Crippen molar-refractivity contribution < 1.29 is 4.79 Å². The van der Waals surface area contributed by atoms with Crippen LogP contribution >= 0.6 is 0 Å². The standard InChI is InChI=1S/C14H25NO/c1-12(2)11-15-14(16)10-6-9-13-7-4-3-5-8-13/h13H,1,3-11H2,2H3,(H,15,16). The first-order chi connectivity index (χ1) is 7.68. The lowest BCUT2D eigenvalue weighted by molar-refractivity contribution is -0.121. The number of carbonyl (C=O) groups is 1. The van der Waals surface area contributed by atoms with Crippen molar-refractivity contribution in [2.24, 2.45) is 5.92 Å². The molecule has 0 atom stereocenters. The number of carbonyl (C=O) groups excluding carboxylic acids is 1. The third kappa shape index (κ3) is 5.94. The second kappa shape index (κ2) is 7.48. The predicted molar refractivity (Wildman–Crippen MR) is 68.2 cm³/mol. The maximum Gasteiger partial charge on any atom is 0.220 e. The van der Waals surface area contributed by atoms with E-state index in [9.17, 15) is 4.79 Å². The highest BCUT2D eigenvalue weighted by atomic mass is 16.1. The van der Waals surface area contributed by atoms with Crippen molar-refractivity contribution >= 4 is 5.91 Å². The molecule has 1 saturated carbocycles. The van der Waals surface area contributed by atoms with Gasteiger partial charge in [0, 0.05) is 13.0 Å². The number of nitrogens with one attached hydrogen (secondary N) is 1. The highest BCUT2D eigenvalue weighted by Gasteiger charge is 2.13. The van der Waals surface area contributed by atoms with Crippen LogP contribution in [0, 0.1) is 5.92 Å². The lowest BCUT2D eigenvalue weighted by Crippen LogP contribution is -2.24. The van der Waals surface area contributed by atoms with Crippen molar-refractivity contribution in [2.45, 2.75) is 58.3 Å². The minimum atomic E-state index is 0.179. The van der Waals surface area contributed by atoms with Gasteiger partial charge in [-0.05, 0) is 25.7 Å². The molecule has 16 heavy (non-hydrogen) atoms. The molecular weight excluding hydrogens is 198 g/mol. The Morgan fingerprint density at radius 3 is 2.62 bits per heavy atom. The molecule has 0 aromatic heterocycles. The summed E-state index contributed by atoms with van der Waals surface area (Å²) in [7, 11) is 0. The van der Waals surface area contributed by atoms with Gasteiger partial charge in [0.1, 0.15) is 0 Å². The highest BCUT2D eigenvalue weighted by Crippen LogP contribution is 2.27. The average molecular weight is 223 g/mol. The van der Waals surface area contributed by atoms with Crippen molar-refractivity contribution in [3.05, 3.63) is 12.2 Å². The molecule has 0 spiro atoms. The Balaban J connectivity index is 2.01. The molecule has 1 aliphatic carbocycles. The van der Waals surface area contributed by atoms with Crippen LogP contribution in [0.1, 0.15) is 58.3 Å². The molecule has 2 nitrogen and oxygen atoms in total. The molecule has 0 aliphatic heterocycles. The van der Waals surface area contributed by atoms with Gasteiger partial charge in [0.15, 0.2) is 0 Å². The molecule has 0 bridgehead atoms. The zero-order chi connectivity index (χ0) is 11.8. The fourth-order valence-electron chi connectivity index (χ4n) is 2.36. The van der Waals surface area contributed by atoms with Gasteiger partial charge in [0.2, 0.25) is 5.91 Å². The summed E-state index contributed by atoms with van der Waals surface area (Å²) in [5.41, 5.74) is 1.01.